The number of piperidine rings is 1. The standard InChI is InChI=1S/C11H23N3O5S/c1-18-8-6-12-9-10-5-3-4-7-14(10)20(16,17)13-11(15)19-2/h10,12H,3-9H2,1-2H3,(H,13,15). The highest BCUT2D eigenvalue weighted by molar-refractivity contribution is 7.87. The largest absolute Gasteiger partial charge is 0.452 e. The quantitative estimate of drug-likeness (QED) is 0.626. The predicted octanol–water partition coefficient (Wildman–Crippen LogP) is -0.322. The molecule has 0 aliphatic carbocycles. The normalized spacial score (nSPS) is 20.6. The lowest BCUT2D eigenvalue weighted by molar-refractivity contribution is 0.174. The van der Waals surface area contributed by atoms with Gasteiger partial charge in [-0.1, -0.05) is 6.42 Å². The number of rotatable bonds is 7. The monoisotopic (exact) mass is 309 g/mol. The molecule has 0 bridgehead atoms. The second kappa shape index (κ2) is 8.40. The molecule has 1 atom stereocenters. The van der Waals surface area contributed by atoms with E-state index >= 15 is 0 Å². The molecule has 8 nitrogen and oxygen atoms in total. The molecule has 1 fully saturated rings. The van der Waals surface area contributed by atoms with Gasteiger partial charge in [0.25, 0.3) is 0 Å². The van der Waals surface area contributed by atoms with Crippen molar-refractivity contribution in [3.63, 3.8) is 0 Å². The smallest absolute Gasteiger partial charge is 0.421 e. The maximum atomic E-state index is 12.1. The van der Waals surface area contributed by atoms with Crippen LogP contribution in [0, 0.1) is 0 Å². The summed E-state index contributed by atoms with van der Waals surface area (Å²) in [5.74, 6) is 0. The third kappa shape index (κ3) is 5.23. The first-order chi connectivity index (χ1) is 9.51. The minimum absolute atomic E-state index is 0.164. The fourth-order valence-corrected chi connectivity index (χ4v) is 3.50. The zero-order valence-electron chi connectivity index (χ0n) is 11.9. The Balaban J connectivity index is 2.60. The molecule has 0 aromatic heterocycles. The molecular weight excluding hydrogens is 286 g/mol. The van der Waals surface area contributed by atoms with E-state index in [0.717, 1.165) is 26.4 Å². The van der Waals surface area contributed by atoms with E-state index in [4.69, 9.17) is 4.74 Å². The van der Waals surface area contributed by atoms with Crippen LogP contribution < -0.4 is 10.0 Å². The van der Waals surface area contributed by atoms with Crippen molar-refractivity contribution < 1.29 is 22.7 Å². The van der Waals surface area contributed by atoms with E-state index in [0.29, 0.717) is 26.2 Å². The number of methoxy groups -OCH3 is 2. The minimum Gasteiger partial charge on any atom is -0.452 e. The molecular formula is C11H23N3O5S. The molecule has 9 heteroatoms. The van der Waals surface area contributed by atoms with Gasteiger partial charge in [-0.2, -0.15) is 12.7 Å². The molecule has 0 aromatic carbocycles. The fourth-order valence-electron chi connectivity index (χ4n) is 2.14. The molecule has 0 saturated carbocycles. The summed E-state index contributed by atoms with van der Waals surface area (Å²) in [5, 5.41) is 3.15. The summed E-state index contributed by atoms with van der Waals surface area (Å²) in [7, 11) is -1.11. The second-order valence-electron chi connectivity index (χ2n) is 4.56. The van der Waals surface area contributed by atoms with E-state index in [1.165, 1.54) is 4.31 Å². The van der Waals surface area contributed by atoms with Crippen LogP contribution in [0.25, 0.3) is 0 Å². The molecule has 20 heavy (non-hydrogen) atoms. The number of hydrogen-bond acceptors (Lipinski definition) is 6. The van der Waals surface area contributed by atoms with Gasteiger partial charge in [-0.3, -0.25) is 0 Å². The summed E-state index contributed by atoms with van der Waals surface area (Å²) in [5.41, 5.74) is 0. The molecule has 1 heterocycles. The van der Waals surface area contributed by atoms with Crippen molar-refractivity contribution in [3.05, 3.63) is 0 Å². The summed E-state index contributed by atoms with van der Waals surface area (Å²) >= 11 is 0. The maximum absolute atomic E-state index is 12.1. The van der Waals surface area contributed by atoms with Gasteiger partial charge in [0.2, 0.25) is 0 Å². The third-order valence-corrected chi connectivity index (χ3v) is 4.67. The van der Waals surface area contributed by atoms with Crippen LogP contribution in [0.3, 0.4) is 0 Å². The van der Waals surface area contributed by atoms with Gasteiger partial charge >= 0.3 is 16.3 Å². The van der Waals surface area contributed by atoms with E-state index in [1.54, 1.807) is 7.11 Å². The lowest BCUT2D eigenvalue weighted by atomic mass is 10.1. The molecule has 1 saturated heterocycles. The van der Waals surface area contributed by atoms with Crippen molar-refractivity contribution in [2.75, 3.05) is 40.5 Å². The SMILES string of the molecule is COCCNCC1CCCCN1S(=O)(=O)NC(=O)OC. The highest BCUT2D eigenvalue weighted by atomic mass is 32.2. The minimum atomic E-state index is -3.85. The first kappa shape index (κ1) is 17.2. The summed E-state index contributed by atoms with van der Waals surface area (Å²) in [6.07, 6.45) is 1.56. The zero-order valence-corrected chi connectivity index (χ0v) is 12.7. The molecule has 0 aromatic rings. The van der Waals surface area contributed by atoms with Gasteiger partial charge in [0.05, 0.1) is 13.7 Å². The number of nitrogens with zero attached hydrogens (tertiary/aromatic N) is 1. The van der Waals surface area contributed by atoms with Crippen LogP contribution in [0.4, 0.5) is 4.79 Å². The average molecular weight is 309 g/mol. The number of nitrogens with one attached hydrogen (secondary N) is 2. The first-order valence-electron chi connectivity index (χ1n) is 6.58. The van der Waals surface area contributed by atoms with Crippen molar-refractivity contribution in [2.45, 2.75) is 25.3 Å². The van der Waals surface area contributed by atoms with Crippen LogP contribution in [0.15, 0.2) is 0 Å². The summed E-state index contributed by atoms with van der Waals surface area (Å²) in [6, 6.07) is -0.164. The lowest BCUT2D eigenvalue weighted by Crippen LogP contribution is -2.53. The third-order valence-electron chi connectivity index (χ3n) is 3.14. The van der Waals surface area contributed by atoms with E-state index < -0.39 is 16.3 Å². The van der Waals surface area contributed by atoms with Crippen molar-refractivity contribution in [2.24, 2.45) is 0 Å². The number of carbonyl (C=O) groups is 1. The molecule has 1 aliphatic rings. The average Bonchev–Trinajstić information content (AvgIpc) is 2.43. The Morgan fingerprint density at radius 1 is 1.35 bits per heavy atom. The van der Waals surface area contributed by atoms with Crippen LogP contribution in [0.5, 0.6) is 0 Å². The highest BCUT2D eigenvalue weighted by Gasteiger charge is 2.33. The molecule has 1 amide bonds. The van der Waals surface area contributed by atoms with Gasteiger partial charge in [0.1, 0.15) is 0 Å². The number of amides is 1. The van der Waals surface area contributed by atoms with E-state index in [9.17, 15) is 13.2 Å². The Kier molecular flexibility index (Phi) is 7.20. The van der Waals surface area contributed by atoms with Gasteiger partial charge in [-0.25, -0.2) is 9.52 Å². The lowest BCUT2D eigenvalue weighted by Gasteiger charge is -2.34. The topological polar surface area (TPSA) is 97.0 Å². The van der Waals surface area contributed by atoms with Gasteiger partial charge in [-0.05, 0) is 12.8 Å². The van der Waals surface area contributed by atoms with Crippen LogP contribution in [-0.2, 0) is 19.7 Å². The Bertz CT molecular complexity index is 401. The molecule has 118 valence electrons. The summed E-state index contributed by atoms with van der Waals surface area (Å²) in [6.45, 7) is 2.17. The summed E-state index contributed by atoms with van der Waals surface area (Å²) < 4.78 is 36.7. The van der Waals surface area contributed by atoms with E-state index in [2.05, 4.69) is 10.1 Å². The second-order valence-corrected chi connectivity index (χ2v) is 6.18. The van der Waals surface area contributed by atoms with Crippen molar-refractivity contribution in [3.8, 4) is 0 Å². The van der Waals surface area contributed by atoms with Crippen LogP contribution >= 0.6 is 0 Å². The van der Waals surface area contributed by atoms with Crippen LogP contribution in [0.2, 0.25) is 0 Å². The van der Waals surface area contributed by atoms with Crippen molar-refractivity contribution >= 4 is 16.3 Å². The van der Waals surface area contributed by atoms with Crippen molar-refractivity contribution in [1.29, 1.82) is 0 Å². The number of ether oxygens (including phenoxy) is 2. The highest BCUT2D eigenvalue weighted by Crippen LogP contribution is 2.19. The van der Waals surface area contributed by atoms with Gasteiger partial charge in [-0.15, -0.1) is 0 Å². The number of hydrogen-bond donors (Lipinski definition) is 2. The van der Waals surface area contributed by atoms with Gasteiger partial charge < -0.3 is 14.8 Å². The Morgan fingerprint density at radius 2 is 2.10 bits per heavy atom. The fraction of sp³-hybridized carbons (Fsp3) is 0.909. The Hall–Kier alpha value is -0.900. The first-order valence-corrected chi connectivity index (χ1v) is 8.02. The predicted molar refractivity (Wildman–Crippen MR) is 73.6 cm³/mol. The molecule has 1 aliphatic heterocycles. The molecule has 0 radical (unpaired) electrons. The Labute approximate surface area is 120 Å². The summed E-state index contributed by atoms with van der Waals surface area (Å²) in [4.78, 5) is 11.1. The molecule has 1 unspecified atom stereocenters. The van der Waals surface area contributed by atoms with Crippen LogP contribution in [0.1, 0.15) is 19.3 Å². The molecule has 0 spiro atoms. The van der Waals surface area contributed by atoms with Gasteiger partial charge in [0, 0.05) is 32.8 Å². The van der Waals surface area contributed by atoms with E-state index in [1.807, 2.05) is 4.72 Å². The molecule has 1 rings (SSSR count). The van der Waals surface area contributed by atoms with Crippen molar-refractivity contribution in [1.82, 2.24) is 14.3 Å². The van der Waals surface area contributed by atoms with Gasteiger partial charge in [0.15, 0.2) is 0 Å². The van der Waals surface area contributed by atoms with Crippen LogP contribution in [-0.4, -0.2) is 65.3 Å². The Morgan fingerprint density at radius 3 is 2.75 bits per heavy atom. The maximum Gasteiger partial charge on any atom is 0.421 e. The number of carbonyl (C=O) groups excluding carboxylic acids is 1. The zero-order chi connectivity index (χ0) is 15.0. The van der Waals surface area contributed by atoms with E-state index in [-0.39, 0.29) is 6.04 Å². The molecule has 2 N–H and O–H groups in total.